The molecule has 2 fully saturated rings. The minimum Gasteiger partial charge on any atom is -0.466 e. The first-order chi connectivity index (χ1) is 17.8. The molecule has 2 N–H and O–H groups in total. The molecule has 2 aromatic rings. The number of carbonyl (C=O) groups is 2. The summed E-state index contributed by atoms with van der Waals surface area (Å²) in [5.74, 6) is -0.00855. The standard InChI is InChI=1S/C27H32N2O7S2/c1-4-36-26(31)27(2,3)15-28-37(32,33)18-7-9-20-21-10-8-19(14-23(21)25(30)22(20)13-18)38(34,35)29-24-12-16-5-6-17(24)11-16/h7-10,13-14,16-17,24,28-29H,4-6,11-12,15H2,1-3H3. The number of hydrogen-bond acceptors (Lipinski definition) is 7. The maximum atomic E-state index is 13.3. The molecular weight excluding hydrogens is 528 g/mol. The molecule has 11 heteroatoms. The monoisotopic (exact) mass is 560 g/mol. The highest BCUT2D eigenvalue weighted by molar-refractivity contribution is 7.89. The van der Waals surface area contributed by atoms with E-state index in [4.69, 9.17) is 4.74 Å². The molecule has 0 heterocycles. The zero-order chi connectivity index (χ0) is 27.5. The Balaban J connectivity index is 1.36. The lowest BCUT2D eigenvalue weighted by molar-refractivity contribution is -0.152. The summed E-state index contributed by atoms with van der Waals surface area (Å²) in [7, 11) is -7.85. The van der Waals surface area contributed by atoms with Crippen LogP contribution in [0.2, 0.25) is 0 Å². The number of hydrogen-bond donors (Lipinski definition) is 2. The molecule has 2 aromatic carbocycles. The smallest absolute Gasteiger partial charge is 0.312 e. The zero-order valence-corrected chi connectivity index (χ0v) is 23.2. The molecule has 3 aliphatic rings. The summed E-state index contributed by atoms with van der Waals surface area (Å²) in [5.41, 5.74) is 0.426. The SMILES string of the molecule is CCOC(=O)C(C)(C)CNS(=O)(=O)c1ccc2c(c1)C(=O)c1cc(S(=O)(=O)NC3CC4CCC3C4)ccc1-2. The van der Waals surface area contributed by atoms with Gasteiger partial charge in [0.15, 0.2) is 5.78 Å². The van der Waals surface area contributed by atoms with Crippen molar-refractivity contribution in [2.45, 2.75) is 62.3 Å². The van der Waals surface area contributed by atoms with Gasteiger partial charge < -0.3 is 4.74 Å². The van der Waals surface area contributed by atoms with Crippen molar-refractivity contribution in [3.8, 4) is 11.1 Å². The first kappa shape index (κ1) is 27.0. The second-order valence-electron chi connectivity index (χ2n) is 11.1. The van der Waals surface area contributed by atoms with Crippen LogP contribution in [0.1, 0.15) is 62.4 Å². The third-order valence-electron chi connectivity index (χ3n) is 7.96. The average Bonchev–Trinajstić information content (AvgIpc) is 3.56. The molecular formula is C27H32N2O7S2. The van der Waals surface area contributed by atoms with E-state index in [0.717, 1.165) is 25.7 Å². The van der Waals surface area contributed by atoms with Crippen molar-refractivity contribution >= 4 is 31.8 Å². The molecule has 38 heavy (non-hydrogen) atoms. The van der Waals surface area contributed by atoms with Crippen LogP contribution in [0.5, 0.6) is 0 Å². The van der Waals surface area contributed by atoms with E-state index in [1.807, 2.05) is 0 Å². The first-order valence-electron chi connectivity index (χ1n) is 12.8. The van der Waals surface area contributed by atoms with E-state index < -0.39 is 37.2 Å². The van der Waals surface area contributed by atoms with Crippen molar-refractivity contribution in [3.63, 3.8) is 0 Å². The summed E-state index contributed by atoms with van der Waals surface area (Å²) < 4.78 is 62.5. The van der Waals surface area contributed by atoms with Crippen LogP contribution in [-0.4, -0.2) is 47.8 Å². The van der Waals surface area contributed by atoms with Crippen LogP contribution in [0, 0.1) is 17.3 Å². The molecule has 0 aliphatic heterocycles. The van der Waals surface area contributed by atoms with Gasteiger partial charge in [0.1, 0.15) is 0 Å². The van der Waals surface area contributed by atoms with Gasteiger partial charge in [-0.3, -0.25) is 9.59 Å². The summed E-state index contributed by atoms with van der Waals surface area (Å²) in [6, 6.07) is 8.62. The number of ketones is 1. The van der Waals surface area contributed by atoms with Crippen LogP contribution in [0.3, 0.4) is 0 Å². The fraction of sp³-hybridized carbons (Fsp3) is 0.481. The number of ether oxygens (including phenoxy) is 1. The van der Waals surface area contributed by atoms with Gasteiger partial charge in [-0.25, -0.2) is 26.3 Å². The minimum atomic E-state index is -4.04. The summed E-state index contributed by atoms with van der Waals surface area (Å²) in [5, 5.41) is 0. The van der Waals surface area contributed by atoms with Gasteiger partial charge >= 0.3 is 5.97 Å². The third-order valence-corrected chi connectivity index (χ3v) is 10.8. The average molecular weight is 561 g/mol. The van der Waals surface area contributed by atoms with Gasteiger partial charge in [0.2, 0.25) is 20.0 Å². The highest BCUT2D eigenvalue weighted by Crippen LogP contribution is 2.45. The Hall–Kier alpha value is -2.60. The number of fused-ring (bicyclic) bond motifs is 5. The predicted molar refractivity (Wildman–Crippen MR) is 140 cm³/mol. The highest BCUT2D eigenvalue weighted by Gasteiger charge is 2.41. The minimum absolute atomic E-state index is 0.0240. The van der Waals surface area contributed by atoms with E-state index in [2.05, 4.69) is 9.44 Å². The molecule has 2 bridgehead atoms. The number of benzene rings is 2. The molecule has 0 saturated heterocycles. The summed E-state index contributed by atoms with van der Waals surface area (Å²) in [4.78, 5) is 25.3. The van der Waals surface area contributed by atoms with E-state index in [1.165, 1.54) is 24.3 Å². The lowest BCUT2D eigenvalue weighted by atomic mass is 9.94. The molecule has 3 aliphatic carbocycles. The summed E-state index contributed by atoms with van der Waals surface area (Å²) >= 11 is 0. The Labute approximate surface area is 223 Å². The Kier molecular flexibility index (Phi) is 6.78. The van der Waals surface area contributed by atoms with Crippen LogP contribution in [0.15, 0.2) is 46.2 Å². The molecule has 0 aromatic heterocycles. The maximum Gasteiger partial charge on any atom is 0.312 e. The summed E-state index contributed by atoms with van der Waals surface area (Å²) in [6.07, 6.45) is 4.11. The van der Waals surface area contributed by atoms with Gasteiger partial charge in [-0.15, -0.1) is 0 Å². The quantitative estimate of drug-likeness (QED) is 0.384. The molecule has 5 rings (SSSR count). The molecule has 0 radical (unpaired) electrons. The van der Waals surface area contributed by atoms with Gasteiger partial charge in [-0.1, -0.05) is 18.6 Å². The lowest BCUT2D eigenvalue weighted by Gasteiger charge is -2.22. The normalized spacial score (nSPS) is 22.4. The molecule has 3 atom stereocenters. The van der Waals surface area contributed by atoms with Gasteiger partial charge in [0.25, 0.3) is 0 Å². The Morgan fingerprint density at radius 2 is 1.53 bits per heavy atom. The Bertz CT molecular complexity index is 1530. The predicted octanol–water partition coefficient (Wildman–Crippen LogP) is 3.23. The molecule has 2 saturated carbocycles. The fourth-order valence-corrected chi connectivity index (χ4v) is 8.37. The molecule has 0 amide bonds. The Morgan fingerprint density at radius 1 is 0.921 bits per heavy atom. The van der Waals surface area contributed by atoms with Crippen molar-refractivity contribution in [1.29, 1.82) is 0 Å². The van der Waals surface area contributed by atoms with Crippen LogP contribution >= 0.6 is 0 Å². The van der Waals surface area contributed by atoms with E-state index >= 15 is 0 Å². The van der Waals surface area contributed by atoms with E-state index in [0.29, 0.717) is 23.0 Å². The van der Waals surface area contributed by atoms with Crippen LogP contribution in [0.4, 0.5) is 0 Å². The van der Waals surface area contributed by atoms with Gasteiger partial charge in [0, 0.05) is 23.7 Å². The maximum absolute atomic E-state index is 13.3. The lowest BCUT2D eigenvalue weighted by Crippen LogP contribution is -2.40. The van der Waals surface area contributed by atoms with Crippen molar-refractivity contribution in [2.75, 3.05) is 13.2 Å². The summed E-state index contributed by atoms with van der Waals surface area (Å²) in [6.45, 7) is 4.83. The highest BCUT2D eigenvalue weighted by atomic mass is 32.2. The fourth-order valence-electron chi connectivity index (χ4n) is 5.79. The van der Waals surface area contributed by atoms with Gasteiger partial charge in [-0.05, 0) is 87.3 Å². The largest absolute Gasteiger partial charge is 0.466 e. The van der Waals surface area contributed by atoms with E-state index in [1.54, 1.807) is 32.9 Å². The molecule has 3 unspecified atom stereocenters. The van der Waals surface area contributed by atoms with Gasteiger partial charge in [-0.2, -0.15) is 0 Å². The van der Waals surface area contributed by atoms with Crippen molar-refractivity contribution in [2.24, 2.45) is 17.3 Å². The van der Waals surface area contributed by atoms with Crippen molar-refractivity contribution in [3.05, 3.63) is 47.5 Å². The zero-order valence-electron chi connectivity index (χ0n) is 21.6. The number of nitrogens with one attached hydrogen (secondary N) is 2. The third kappa shape index (κ3) is 4.81. The topological polar surface area (TPSA) is 136 Å². The molecule has 0 spiro atoms. The van der Waals surface area contributed by atoms with Crippen molar-refractivity contribution < 1.29 is 31.2 Å². The molecule has 204 valence electrons. The number of rotatable bonds is 9. The molecule has 9 nitrogen and oxygen atoms in total. The van der Waals surface area contributed by atoms with Crippen molar-refractivity contribution in [1.82, 2.24) is 9.44 Å². The number of esters is 1. The van der Waals surface area contributed by atoms with Crippen LogP contribution in [-0.2, 0) is 29.6 Å². The number of carbonyl (C=O) groups excluding carboxylic acids is 2. The van der Waals surface area contributed by atoms with Crippen LogP contribution in [0.25, 0.3) is 11.1 Å². The second kappa shape index (κ2) is 9.55. The Morgan fingerprint density at radius 3 is 2.05 bits per heavy atom. The van der Waals surface area contributed by atoms with E-state index in [9.17, 15) is 26.4 Å². The van der Waals surface area contributed by atoms with Gasteiger partial charge in [0.05, 0.1) is 21.8 Å². The van der Waals surface area contributed by atoms with Crippen LogP contribution < -0.4 is 9.44 Å². The first-order valence-corrected chi connectivity index (χ1v) is 15.8. The van der Waals surface area contributed by atoms with E-state index in [-0.39, 0.29) is 40.1 Å². The second-order valence-corrected chi connectivity index (χ2v) is 14.6. The number of sulfonamides is 2.